The number of quaternary nitrogens is 1. The number of hydrogen-bond acceptors (Lipinski definition) is 1. The van der Waals surface area contributed by atoms with Gasteiger partial charge in [0.15, 0.2) is 6.04 Å². The van der Waals surface area contributed by atoms with E-state index < -0.39 is 0 Å². The first-order chi connectivity index (χ1) is 11.7. The van der Waals surface area contributed by atoms with E-state index >= 15 is 0 Å². The average molecular weight is 321 g/mol. The number of likely N-dealkylation sites (tertiary alicyclic amines) is 1. The van der Waals surface area contributed by atoms with Gasteiger partial charge in [-0.25, -0.2) is 0 Å². The summed E-state index contributed by atoms with van der Waals surface area (Å²) in [6.07, 6.45) is 3.74. The third-order valence-electron chi connectivity index (χ3n) is 5.51. The van der Waals surface area contributed by atoms with Crippen molar-refractivity contribution in [3.05, 3.63) is 65.2 Å². The third kappa shape index (κ3) is 2.73. The zero-order valence-electron chi connectivity index (χ0n) is 14.2. The largest absolute Gasteiger partial charge is 0.324 e. The fourth-order valence-corrected chi connectivity index (χ4v) is 4.37. The van der Waals surface area contributed by atoms with E-state index in [-0.39, 0.29) is 17.9 Å². The van der Waals surface area contributed by atoms with Gasteiger partial charge in [0.05, 0.1) is 19.0 Å². The summed E-state index contributed by atoms with van der Waals surface area (Å²) in [5.74, 6) is 0.319. The molecule has 0 aliphatic carbocycles. The maximum absolute atomic E-state index is 13.0. The molecule has 1 saturated heterocycles. The lowest BCUT2D eigenvalue weighted by Gasteiger charge is -2.39. The number of hydrogen-bond donors (Lipinski definition) is 2. The Morgan fingerprint density at radius 1 is 1.00 bits per heavy atom. The minimum Gasteiger partial charge on any atom is -0.324 e. The van der Waals surface area contributed by atoms with Crippen LogP contribution in [0.15, 0.2) is 48.5 Å². The van der Waals surface area contributed by atoms with Crippen molar-refractivity contribution in [3.8, 4) is 0 Å². The highest BCUT2D eigenvalue weighted by molar-refractivity contribution is 5.98. The zero-order chi connectivity index (χ0) is 16.5. The summed E-state index contributed by atoms with van der Waals surface area (Å²) in [4.78, 5) is 14.4. The molecule has 4 rings (SSSR count). The Kier molecular flexibility index (Phi) is 4.11. The minimum atomic E-state index is -0.0259. The summed E-state index contributed by atoms with van der Waals surface area (Å²) >= 11 is 0. The van der Waals surface area contributed by atoms with Crippen molar-refractivity contribution in [1.82, 2.24) is 0 Å². The highest BCUT2D eigenvalue weighted by Crippen LogP contribution is 2.37. The molecule has 3 nitrogen and oxygen atoms in total. The molecule has 24 heavy (non-hydrogen) atoms. The number of benzene rings is 2. The standard InChI is InChI=1S/C21H24N2O/c1-15-10-11-18-17(14-15)19(16-8-4-2-5-9-16)20(21(24)22-18)23-12-6-3-7-13-23/h2,4-5,8-11,14,19-20H,3,6-7,12-13H2,1H3,(H,22,24)/p+1/t19-,20-/m0/s1. The fraction of sp³-hybridized carbons (Fsp3) is 0.381. The van der Waals surface area contributed by atoms with Crippen molar-refractivity contribution in [2.45, 2.75) is 38.1 Å². The van der Waals surface area contributed by atoms with E-state index in [0.29, 0.717) is 0 Å². The third-order valence-corrected chi connectivity index (χ3v) is 5.51. The lowest BCUT2D eigenvalue weighted by molar-refractivity contribution is -0.921. The minimum absolute atomic E-state index is 0.0259. The van der Waals surface area contributed by atoms with Gasteiger partial charge in [-0.2, -0.15) is 0 Å². The number of carbonyl (C=O) groups excluding carboxylic acids is 1. The van der Waals surface area contributed by atoms with Crippen LogP contribution in [0.4, 0.5) is 5.69 Å². The SMILES string of the molecule is Cc1ccc2c(c1)[C@H](c1ccccc1)[C@H]([NH+]1CCCCC1)C(=O)N2. The normalized spacial score (nSPS) is 24.3. The monoisotopic (exact) mass is 321 g/mol. The van der Waals surface area contributed by atoms with Crippen molar-refractivity contribution in [1.29, 1.82) is 0 Å². The molecule has 2 aromatic rings. The number of aryl methyl sites for hydroxylation is 1. The van der Waals surface area contributed by atoms with E-state index in [9.17, 15) is 4.79 Å². The number of nitrogens with one attached hydrogen (secondary N) is 2. The predicted octanol–water partition coefficient (Wildman–Crippen LogP) is 2.52. The van der Waals surface area contributed by atoms with Crippen LogP contribution in [-0.2, 0) is 4.79 Å². The molecule has 2 aliphatic rings. The molecule has 2 aliphatic heterocycles. The summed E-state index contributed by atoms with van der Waals surface area (Å²) < 4.78 is 0. The van der Waals surface area contributed by atoms with Crippen LogP contribution in [-0.4, -0.2) is 25.0 Å². The average Bonchev–Trinajstić information content (AvgIpc) is 2.62. The Balaban J connectivity index is 1.83. The van der Waals surface area contributed by atoms with Crippen LogP contribution in [0.3, 0.4) is 0 Å². The van der Waals surface area contributed by atoms with Gasteiger partial charge in [-0.3, -0.25) is 4.79 Å². The quantitative estimate of drug-likeness (QED) is 0.875. The molecule has 1 fully saturated rings. The summed E-state index contributed by atoms with van der Waals surface area (Å²) in [5, 5.41) is 3.17. The smallest absolute Gasteiger partial charge is 0.283 e. The molecule has 0 bridgehead atoms. The lowest BCUT2D eigenvalue weighted by atomic mass is 9.79. The Labute approximate surface area is 143 Å². The molecule has 1 amide bonds. The van der Waals surface area contributed by atoms with Crippen molar-refractivity contribution in [2.75, 3.05) is 18.4 Å². The molecule has 124 valence electrons. The second-order valence-electron chi connectivity index (χ2n) is 7.16. The van der Waals surface area contributed by atoms with Crippen LogP contribution >= 0.6 is 0 Å². The Bertz CT molecular complexity index is 735. The topological polar surface area (TPSA) is 33.5 Å². The molecule has 0 aromatic heterocycles. The number of fused-ring (bicyclic) bond motifs is 1. The van der Waals surface area contributed by atoms with Gasteiger partial charge in [0, 0.05) is 5.69 Å². The summed E-state index contributed by atoms with van der Waals surface area (Å²) in [5.41, 5.74) is 4.75. The Hall–Kier alpha value is -2.13. The summed E-state index contributed by atoms with van der Waals surface area (Å²) in [6.45, 7) is 4.33. The number of anilines is 1. The Morgan fingerprint density at radius 2 is 1.75 bits per heavy atom. The van der Waals surface area contributed by atoms with Crippen molar-refractivity contribution >= 4 is 11.6 Å². The molecular formula is C21H25N2O+. The molecule has 0 unspecified atom stereocenters. The number of carbonyl (C=O) groups is 1. The van der Waals surface area contributed by atoms with Gasteiger partial charge in [0.2, 0.25) is 0 Å². The first kappa shape index (κ1) is 15.4. The van der Waals surface area contributed by atoms with Gasteiger partial charge in [-0.1, -0.05) is 48.0 Å². The molecule has 2 aromatic carbocycles. The van der Waals surface area contributed by atoms with Crippen LogP contribution in [0.5, 0.6) is 0 Å². The van der Waals surface area contributed by atoms with Gasteiger partial charge in [0.1, 0.15) is 0 Å². The molecule has 0 saturated carbocycles. The van der Waals surface area contributed by atoms with Gasteiger partial charge in [0.25, 0.3) is 5.91 Å². The van der Waals surface area contributed by atoms with Gasteiger partial charge in [-0.05, 0) is 43.4 Å². The number of rotatable bonds is 2. The summed E-state index contributed by atoms with van der Waals surface area (Å²) in [7, 11) is 0. The van der Waals surface area contributed by atoms with E-state index in [0.717, 1.165) is 18.8 Å². The molecule has 3 heteroatoms. The second kappa shape index (κ2) is 6.40. The van der Waals surface area contributed by atoms with Crippen molar-refractivity contribution < 1.29 is 9.69 Å². The van der Waals surface area contributed by atoms with E-state index in [1.165, 1.54) is 40.9 Å². The van der Waals surface area contributed by atoms with Crippen LogP contribution in [0, 0.1) is 6.92 Å². The molecule has 2 atom stereocenters. The van der Waals surface area contributed by atoms with Crippen LogP contribution in [0.1, 0.15) is 41.9 Å². The highest BCUT2D eigenvalue weighted by atomic mass is 16.2. The maximum Gasteiger partial charge on any atom is 0.283 e. The molecule has 0 spiro atoms. The molecule has 2 heterocycles. The van der Waals surface area contributed by atoms with Gasteiger partial charge in [-0.15, -0.1) is 0 Å². The second-order valence-corrected chi connectivity index (χ2v) is 7.16. The number of amides is 1. The fourth-order valence-electron chi connectivity index (χ4n) is 4.37. The summed E-state index contributed by atoms with van der Waals surface area (Å²) in [6, 6.07) is 16.9. The molecular weight excluding hydrogens is 296 g/mol. The molecule has 2 N–H and O–H groups in total. The van der Waals surface area contributed by atoms with Crippen molar-refractivity contribution in [3.63, 3.8) is 0 Å². The lowest BCUT2D eigenvalue weighted by Crippen LogP contribution is -3.18. The Morgan fingerprint density at radius 3 is 2.50 bits per heavy atom. The van der Waals surface area contributed by atoms with E-state index in [1.54, 1.807) is 0 Å². The van der Waals surface area contributed by atoms with E-state index in [2.05, 4.69) is 54.7 Å². The van der Waals surface area contributed by atoms with Crippen LogP contribution < -0.4 is 10.2 Å². The van der Waals surface area contributed by atoms with Gasteiger partial charge < -0.3 is 10.2 Å². The zero-order valence-corrected chi connectivity index (χ0v) is 14.2. The van der Waals surface area contributed by atoms with Crippen LogP contribution in [0.2, 0.25) is 0 Å². The van der Waals surface area contributed by atoms with Gasteiger partial charge >= 0.3 is 0 Å². The molecule has 0 radical (unpaired) electrons. The van der Waals surface area contributed by atoms with E-state index in [1.807, 2.05) is 6.07 Å². The maximum atomic E-state index is 13.0. The first-order valence-corrected chi connectivity index (χ1v) is 9.05. The highest BCUT2D eigenvalue weighted by Gasteiger charge is 2.43. The van der Waals surface area contributed by atoms with Crippen molar-refractivity contribution in [2.24, 2.45) is 0 Å². The number of piperidine rings is 1. The van der Waals surface area contributed by atoms with Crippen LogP contribution in [0.25, 0.3) is 0 Å². The predicted molar refractivity (Wildman–Crippen MR) is 96.4 cm³/mol. The first-order valence-electron chi connectivity index (χ1n) is 9.05. The van der Waals surface area contributed by atoms with E-state index in [4.69, 9.17) is 0 Å².